The molecule has 3 heterocycles. The molecular weight excluding hydrogens is 653 g/mol. The Morgan fingerprint density at radius 2 is 1.82 bits per heavy atom. The number of aromatic nitrogens is 4. The highest BCUT2D eigenvalue weighted by Gasteiger charge is 2.44. The van der Waals surface area contributed by atoms with E-state index in [-0.39, 0.29) is 35.1 Å². The molecule has 1 aliphatic rings. The summed E-state index contributed by atoms with van der Waals surface area (Å²) in [5.41, 5.74) is -5.23. The SMILES string of the molecule is CC(C)(C)OC(=O)N[C@H]1C[C@@](C)(F)c2cc(F)c(-c3nnc(C(C)(C)C#N)o3)cc2N(Cc2ccc(-n3cc(C(F)(F)F)cn3)cc2)C1=O. The van der Waals surface area contributed by atoms with E-state index in [2.05, 4.69) is 20.6 Å². The van der Waals surface area contributed by atoms with Gasteiger partial charge in [-0.25, -0.2) is 18.3 Å². The van der Waals surface area contributed by atoms with Gasteiger partial charge in [-0.05, 0) is 71.4 Å². The smallest absolute Gasteiger partial charge is 0.419 e. The van der Waals surface area contributed by atoms with Crippen molar-refractivity contribution in [1.29, 1.82) is 5.26 Å². The van der Waals surface area contributed by atoms with Gasteiger partial charge in [-0.2, -0.15) is 23.5 Å². The van der Waals surface area contributed by atoms with Crippen molar-refractivity contribution in [3.8, 4) is 23.2 Å². The number of amides is 2. The monoisotopic (exact) mass is 685 g/mol. The minimum atomic E-state index is -4.58. The lowest BCUT2D eigenvalue weighted by molar-refractivity contribution is -0.137. The highest BCUT2D eigenvalue weighted by atomic mass is 19.4. The first-order valence-electron chi connectivity index (χ1n) is 15.0. The standard InChI is InChI=1S/C33H32F5N7O4/c1-30(2,3)49-29(47)41-24-13-32(6,35)22-12-23(34)21(26-42-43-28(48-26)31(4,5)17-39)11-25(22)44(27(24)46)15-18-7-9-20(10-8-18)45-16-19(14-40-45)33(36,37)38/h7-12,14,16,24H,13,15H2,1-6H3,(H,41,47)/t24-,32+/m0/s1. The number of carbonyl (C=O) groups excluding carboxylic acids is 2. The number of nitrogens with zero attached hydrogens (tertiary/aromatic N) is 6. The molecule has 1 N–H and O–H groups in total. The molecule has 0 radical (unpaired) electrons. The molecule has 2 atom stereocenters. The Hall–Kier alpha value is -5.33. The summed E-state index contributed by atoms with van der Waals surface area (Å²) in [4.78, 5) is 28.1. The van der Waals surface area contributed by atoms with Crippen LogP contribution in [0.25, 0.3) is 17.1 Å². The maximum absolute atomic E-state index is 16.6. The van der Waals surface area contributed by atoms with Crippen molar-refractivity contribution < 1.29 is 40.7 Å². The Kier molecular flexibility index (Phi) is 8.77. The third-order valence-corrected chi connectivity index (χ3v) is 7.70. The Bertz CT molecular complexity index is 1940. The number of carbonyl (C=O) groups is 2. The van der Waals surface area contributed by atoms with E-state index in [1.165, 1.54) is 44.2 Å². The second kappa shape index (κ2) is 12.3. The van der Waals surface area contributed by atoms with Gasteiger partial charge in [-0.3, -0.25) is 4.79 Å². The number of alkyl carbamates (subject to hydrolysis) is 1. The minimum Gasteiger partial charge on any atom is -0.444 e. The molecule has 11 nitrogen and oxygen atoms in total. The molecule has 1 aliphatic heterocycles. The van der Waals surface area contributed by atoms with Crippen LogP contribution >= 0.6 is 0 Å². The molecule has 2 aromatic heterocycles. The summed E-state index contributed by atoms with van der Waals surface area (Å²) in [6.07, 6.45) is -4.61. The fraction of sp³-hybridized carbons (Fsp3) is 0.394. The first-order chi connectivity index (χ1) is 22.7. The molecule has 16 heteroatoms. The third kappa shape index (κ3) is 7.40. The van der Waals surface area contributed by atoms with Gasteiger partial charge in [0.25, 0.3) is 5.89 Å². The van der Waals surface area contributed by atoms with Crippen molar-refractivity contribution in [1.82, 2.24) is 25.3 Å². The molecule has 0 fully saturated rings. The molecule has 0 saturated carbocycles. The van der Waals surface area contributed by atoms with Crippen LogP contribution in [-0.4, -0.2) is 43.6 Å². The van der Waals surface area contributed by atoms with Crippen LogP contribution in [0.2, 0.25) is 0 Å². The maximum atomic E-state index is 16.6. The van der Waals surface area contributed by atoms with E-state index in [1.807, 2.05) is 6.07 Å². The van der Waals surface area contributed by atoms with Gasteiger partial charge in [0.2, 0.25) is 11.8 Å². The number of hydrogen-bond acceptors (Lipinski definition) is 8. The number of alkyl halides is 4. The molecule has 0 bridgehead atoms. The fourth-order valence-electron chi connectivity index (χ4n) is 5.16. The molecule has 0 saturated heterocycles. The van der Waals surface area contributed by atoms with E-state index in [0.717, 1.165) is 28.8 Å². The predicted octanol–water partition coefficient (Wildman–Crippen LogP) is 6.90. The number of nitriles is 1. The van der Waals surface area contributed by atoms with E-state index in [1.54, 1.807) is 20.8 Å². The molecule has 49 heavy (non-hydrogen) atoms. The first-order valence-corrected chi connectivity index (χ1v) is 15.0. The van der Waals surface area contributed by atoms with Gasteiger partial charge >= 0.3 is 12.3 Å². The number of nitrogens with one attached hydrogen (secondary N) is 1. The lowest BCUT2D eigenvalue weighted by Gasteiger charge is -2.27. The third-order valence-electron chi connectivity index (χ3n) is 7.70. The van der Waals surface area contributed by atoms with Gasteiger partial charge in [0.15, 0.2) is 0 Å². The van der Waals surface area contributed by atoms with Gasteiger partial charge in [-0.1, -0.05) is 12.1 Å². The van der Waals surface area contributed by atoms with E-state index < -0.39 is 58.7 Å². The van der Waals surface area contributed by atoms with Crippen LogP contribution in [0.1, 0.15) is 70.5 Å². The molecule has 2 aromatic carbocycles. The maximum Gasteiger partial charge on any atom is 0.419 e. The van der Waals surface area contributed by atoms with Gasteiger partial charge in [-0.15, -0.1) is 10.2 Å². The summed E-state index contributed by atoms with van der Waals surface area (Å²) in [7, 11) is 0. The highest BCUT2D eigenvalue weighted by Crippen LogP contribution is 2.44. The zero-order valence-electron chi connectivity index (χ0n) is 27.3. The number of benzene rings is 2. The van der Waals surface area contributed by atoms with E-state index in [4.69, 9.17) is 9.15 Å². The number of ether oxygens (including phenoxy) is 1. The van der Waals surface area contributed by atoms with Crippen molar-refractivity contribution in [3.05, 3.63) is 77.2 Å². The zero-order chi connectivity index (χ0) is 36.1. The van der Waals surface area contributed by atoms with Crippen LogP contribution < -0.4 is 10.2 Å². The minimum absolute atomic E-state index is 0.0647. The molecule has 2 amide bonds. The molecular formula is C33H32F5N7O4. The van der Waals surface area contributed by atoms with Gasteiger partial charge in [0.1, 0.15) is 28.5 Å². The van der Waals surface area contributed by atoms with Crippen molar-refractivity contribution in [2.75, 3.05) is 4.90 Å². The molecule has 4 aromatic rings. The second-order valence-electron chi connectivity index (χ2n) is 13.4. The lowest BCUT2D eigenvalue weighted by Crippen LogP contribution is -2.50. The molecule has 0 aliphatic carbocycles. The van der Waals surface area contributed by atoms with Gasteiger partial charge < -0.3 is 19.4 Å². The van der Waals surface area contributed by atoms with Crippen molar-refractivity contribution >= 4 is 17.7 Å². The number of anilines is 1. The normalized spacial score (nSPS) is 18.4. The lowest BCUT2D eigenvalue weighted by atomic mass is 9.90. The van der Waals surface area contributed by atoms with Crippen molar-refractivity contribution in [2.24, 2.45) is 0 Å². The first kappa shape index (κ1) is 35.0. The van der Waals surface area contributed by atoms with Crippen LogP contribution in [0, 0.1) is 17.1 Å². The molecule has 0 spiro atoms. The average Bonchev–Trinajstić information content (AvgIpc) is 3.69. The summed E-state index contributed by atoms with van der Waals surface area (Å²) in [5, 5.41) is 23.4. The molecule has 258 valence electrons. The molecule has 5 rings (SSSR count). The van der Waals surface area contributed by atoms with Gasteiger partial charge in [0.05, 0.1) is 41.3 Å². The number of fused-ring (bicyclic) bond motifs is 1. The topological polar surface area (TPSA) is 139 Å². The highest BCUT2D eigenvalue weighted by molar-refractivity contribution is 6.01. The van der Waals surface area contributed by atoms with Crippen LogP contribution in [-0.2, 0) is 33.3 Å². The molecule has 0 unspecified atom stereocenters. The Morgan fingerprint density at radius 3 is 2.41 bits per heavy atom. The summed E-state index contributed by atoms with van der Waals surface area (Å²) in [6, 6.07) is 8.68. The summed E-state index contributed by atoms with van der Waals surface area (Å²) in [6.45, 7) is 8.82. The predicted molar refractivity (Wildman–Crippen MR) is 164 cm³/mol. The summed E-state index contributed by atoms with van der Waals surface area (Å²) >= 11 is 0. The van der Waals surface area contributed by atoms with Crippen LogP contribution in [0.3, 0.4) is 0 Å². The van der Waals surface area contributed by atoms with Crippen LogP contribution in [0.4, 0.5) is 32.4 Å². The Balaban J connectivity index is 1.58. The quantitative estimate of drug-likeness (QED) is 0.217. The number of rotatable bonds is 6. The van der Waals surface area contributed by atoms with Gasteiger partial charge in [0, 0.05) is 18.2 Å². The zero-order valence-corrected chi connectivity index (χ0v) is 27.3. The Morgan fingerprint density at radius 1 is 1.14 bits per heavy atom. The van der Waals surface area contributed by atoms with E-state index in [0.29, 0.717) is 17.4 Å². The van der Waals surface area contributed by atoms with Crippen LogP contribution in [0.5, 0.6) is 0 Å². The summed E-state index contributed by atoms with van der Waals surface area (Å²) < 4.78 is 83.6. The average molecular weight is 686 g/mol. The van der Waals surface area contributed by atoms with Crippen molar-refractivity contribution in [3.63, 3.8) is 0 Å². The second-order valence-corrected chi connectivity index (χ2v) is 13.4. The summed E-state index contributed by atoms with van der Waals surface area (Å²) in [5.74, 6) is -2.11. The largest absolute Gasteiger partial charge is 0.444 e. The fourth-order valence-corrected chi connectivity index (χ4v) is 5.16. The van der Waals surface area contributed by atoms with Crippen LogP contribution in [0.15, 0.2) is 53.2 Å². The van der Waals surface area contributed by atoms with E-state index in [9.17, 15) is 28.0 Å². The van der Waals surface area contributed by atoms with Crippen molar-refractivity contribution in [2.45, 2.75) is 83.4 Å². The number of halogens is 5. The Labute approximate surface area is 277 Å². The number of hydrogen-bond donors (Lipinski definition) is 1. The van der Waals surface area contributed by atoms with E-state index >= 15 is 8.78 Å².